The summed E-state index contributed by atoms with van der Waals surface area (Å²) >= 11 is 0. The summed E-state index contributed by atoms with van der Waals surface area (Å²) in [6, 6.07) is 18.7. The first-order valence-electron chi connectivity index (χ1n) is 9.51. The number of aromatic nitrogens is 2. The second-order valence-electron chi connectivity index (χ2n) is 6.70. The van der Waals surface area contributed by atoms with Crippen LogP contribution in [0, 0.1) is 18.3 Å². The fourth-order valence-corrected chi connectivity index (χ4v) is 2.82. The minimum atomic E-state index is -0.612. The fourth-order valence-electron chi connectivity index (χ4n) is 2.82. The molecule has 0 radical (unpaired) electrons. The molecule has 0 aliphatic rings. The maximum Gasteiger partial charge on any atom is 0.331 e. The molecule has 0 N–H and O–H groups in total. The molecule has 0 amide bonds. The molecule has 1 heterocycles. The van der Waals surface area contributed by atoms with E-state index in [0.717, 1.165) is 16.7 Å². The van der Waals surface area contributed by atoms with Crippen LogP contribution in [0.15, 0.2) is 66.9 Å². The summed E-state index contributed by atoms with van der Waals surface area (Å²) in [5.41, 5.74) is 3.96. The van der Waals surface area contributed by atoms with Gasteiger partial charge in [-0.05, 0) is 13.0 Å². The minimum absolute atomic E-state index is 0.262. The Morgan fingerprint density at radius 2 is 1.87 bits per heavy atom. The Balaban J connectivity index is 1.72. The van der Waals surface area contributed by atoms with Gasteiger partial charge in [0.25, 0.3) is 0 Å². The van der Waals surface area contributed by atoms with Gasteiger partial charge < -0.3 is 4.74 Å². The third kappa shape index (κ3) is 5.52. The molecule has 0 atom stereocenters. The van der Waals surface area contributed by atoms with Gasteiger partial charge in [0.15, 0.2) is 12.4 Å². The predicted molar refractivity (Wildman–Crippen MR) is 113 cm³/mol. The van der Waals surface area contributed by atoms with Crippen LogP contribution >= 0.6 is 0 Å². The van der Waals surface area contributed by atoms with Gasteiger partial charge in [0.05, 0.1) is 24.7 Å². The van der Waals surface area contributed by atoms with Gasteiger partial charge in [0.1, 0.15) is 0 Å². The van der Waals surface area contributed by atoms with Crippen molar-refractivity contribution in [2.75, 3.05) is 6.61 Å². The van der Waals surface area contributed by atoms with Crippen molar-refractivity contribution in [2.45, 2.75) is 19.9 Å². The van der Waals surface area contributed by atoms with Crippen LogP contribution in [0.25, 0.3) is 17.3 Å². The molecule has 0 unspecified atom stereocenters. The normalized spacial score (nSPS) is 10.7. The summed E-state index contributed by atoms with van der Waals surface area (Å²) < 4.78 is 6.75. The maximum atomic E-state index is 12.1. The molecule has 6 heteroatoms. The number of Topliss-reactive ketones (excluding diaryl/α,β-unsaturated/α-hetero) is 1. The number of carbonyl (C=O) groups excluding carboxylic acids is 2. The Hall–Kier alpha value is -3.98. The molecule has 0 aliphatic heterocycles. The van der Waals surface area contributed by atoms with E-state index in [1.54, 1.807) is 41.2 Å². The molecule has 1 aromatic heterocycles. The summed E-state index contributed by atoms with van der Waals surface area (Å²) in [6.07, 6.45) is 5.01. The Morgan fingerprint density at radius 3 is 2.57 bits per heavy atom. The molecular weight excluding hydrogens is 378 g/mol. The van der Waals surface area contributed by atoms with E-state index in [2.05, 4.69) is 11.2 Å². The van der Waals surface area contributed by atoms with Gasteiger partial charge in [0, 0.05) is 29.0 Å². The van der Waals surface area contributed by atoms with Crippen LogP contribution in [-0.4, -0.2) is 28.1 Å². The molecule has 0 saturated heterocycles. The molecule has 0 saturated carbocycles. The number of carbonyl (C=O) groups is 2. The van der Waals surface area contributed by atoms with Crippen molar-refractivity contribution in [1.82, 2.24) is 9.78 Å². The van der Waals surface area contributed by atoms with E-state index in [1.165, 1.54) is 6.08 Å². The molecule has 150 valence electrons. The smallest absolute Gasteiger partial charge is 0.331 e. The molecule has 30 heavy (non-hydrogen) atoms. The summed E-state index contributed by atoms with van der Waals surface area (Å²) in [7, 11) is 0. The Morgan fingerprint density at radius 1 is 1.13 bits per heavy atom. The van der Waals surface area contributed by atoms with E-state index in [0.29, 0.717) is 24.2 Å². The van der Waals surface area contributed by atoms with Crippen molar-refractivity contribution in [3.63, 3.8) is 0 Å². The van der Waals surface area contributed by atoms with E-state index >= 15 is 0 Å². The quantitative estimate of drug-likeness (QED) is 0.322. The lowest BCUT2D eigenvalue weighted by Gasteiger charge is -2.02. The topological polar surface area (TPSA) is 85.0 Å². The van der Waals surface area contributed by atoms with E-state index in [4.69, 9.17) is 10.00 Å². The van der Waals surface area contributed by atoms with Crippen LogP contribution in [0.5, 0.6) is 0 Å². The van der Waals surface area contributed by atoms with Crippen molar-refractivity contribution in [1.29, 1.82) is 5.26 Å². The van der Waals surface area contributed by atoms with E-state index < -0.39 is 5.97 Å². The zero-order valence-corrected chi connectivity index (χ0v) is 16.6. The number of benzene rings is 2. The van der Waals surface area contributed by atoms with Gasteiger partial charge in [-0.2, -0.15) is 10.4 Å². The third-order valence-electron chi connectivity index (χ3n) is 4.41. The number of ketones is 1. The highest BCUT2D eigenvalue weighted by atomic mass is 16.5. The fraction of sp³-hybridized carbons (Fsp3) is 0.167. The first-order chi connectivity index (χ1) is 14.6. The van der Waals surface area contributed by atoms with Crippen LogP contribution in [0.2, 0.25) is 0 Å². The number of rotatable bonds is 8. The maximum absolute atomic E-state index is 12.1. The number of hydrogen-bond acceptors (Lipinski definition) is 5. The third-order valence-corrected chi connectivity index (χ3v) is 4.41. The molecule has 0 fully saturated rings. The van der Waals surface area contributed by atoms with Gasteiger partial charge in [0.2, 0.25) is 0 Å². The lowest BCUT2D eigenvalue weighted by molar-refractivity contribution is -0.136. The zero-order chi connectivity index (χ0) is 21.3. The van der Waals surface area contributed by atoms with Crippen molar-refractivity contribution in [3.05, 3.63) is 83.6 Å². The standard InChI is InChI=1S/C24H21N3O3/c1-18-8-10-20(11-9-18)24-21(16-27(26-24)15-5-14-25)12-13-23(29)30-17-22(28)19-6-3-2-4-7-19/h2-4,6-13,16H,5,15,17H2,1H3. The summed E-state index contributed by atoms with van der Waals surface area (Å²) in [4.78, 5) is 24.1. The van der Waals surface area contributed by atoms with Crippen molar-refractivity contribution in [3.8, 4) is 17.3 Å². The van der Waals surface area contributed by atoms with Gasteiger partial charge in [-0.15, -0.1) is 0 Å². The monoisotopic (exact) mass is 399 g/mol. The number of nitrogens with zero attached hydrogens (tertiary/aromatic N) is 3. The van der Waals surface area contributed by atoms with E-state index in [-0.39, 0.29) is 12.4 Å². The Kier molecular flexibility index (Phi) is 6.91. The lowest BCUT2D eigenvalue weighted by atomic mass is 10.1. The number of hydrogen-bond donors (Lipinski definition) is 0. The van der Waals surface area contributed by atoms with Crippen LogP contribution in [0.4, 0.5) is 0 Å². The predicted octanol–water partition coefficient (Wildman–Crippen LogP) is 4.21. The number of aryl methyl sites for hydroxylation is 2. The SMILES string of the molecule is Cc1ccc(-c2nn(CCC#N)cc2C=CC(=O)OCC(=O)c2ccccc2)cc1. The van der Waals surface area contributed by atoms with Gasteiger partial charge in [-0.25, -0.2) is 4.79 Å². The second kappa shape index (κ2) is 9.99. The lowest BCUT2D eigenvalue weighted by Crippen LogP contribution is -2.12. The van der Waals surface area contributed by atoms with E-state index in [9.17, 15) is 9.59 Å². The van der Waals surface area contributed by atoms with Crippen molar-refractivity contribution >= 4 is 17.8 Å². The van der Waals surface area contributed by atoms with Crippen molar-refractivity contribution in [2.24, 2.45) is 0 Å². The average molecular weight is 399 g/mol. The van der Waals surface area contributed by atoms with Crippen molar-refractivity contribution < 1.29 is 14.3 Å². The van der Waals surface area contributed by atoms with Crippen LogP contribution in [0.1, 0.15) is 27.9 Å². The highest BCUT2D eigenvalue weighted by Crippen LogP contribution is 2.24. The first-order valence-corrected chi connectivity index (χ1v) is 9.51. The second-order valence-corrected chi connectivity index (χ2v) is 6.70. The number of nitriles is 1. The van der Waals surface area contributed by atoms with Gasteiger partial charge in [-0.1, -0.05) is 60.2 Å². The molecule has 0 spiro atoms. The van der Waals surface area contributed by atoms with Crippen LogP contribution in [0.3, 0.4) is 0 Å². The van der Waals surface area contributed by atoms with Gasteiger partial charge in [-0.3, -0.25) is 9.48 Å². The molecule has 2 aromatic carbocycles. The average Bonchev–Trinajstić information content (AvgIpc) is 3.18. The molecule has 3 rings (SSSR count). The summed E-state index contributed by atoms with van der Waals surface area (Å²) in [5.74, 6) is -0.874. The number of ether oxygens (including phenoxy) is 1. The molecule has 6 nitrogen and oxygen atoms in total. The minimum Gasteiger partial charge on any atom is -0.454 e. The Labute approximate surface area is 175 Å². The van der Waals surface area contributed by atoms with E-state index in [1.807, 2.05) is 37.3 Å². The summed E-state index contributed by atoms with van der Waals surface area (Å²) in [6.45, 7) is 2.14. The molecular formula is C24H21N3O3. The largest absolute Gasteiger partial charge is 0.454 e. The highest BCUT2D eigenvalue weighted by molar-refractivity contribution is 5.99. The summed E-state index contributed by atoms with van der Waals surface area (Å²) in [5, 5.41) is 13.4. The van der Waals surface area contributed by atoms with Gasteiger partial charge >= 0.3 is 5.97 Å². The van der Waals surface area contributed by atoms with Crippen LogP contribution < -0.4 is 0 Å². The molecule has 3 aromatic rings. The molecule has 0 bridgehead atoms. The highest BCUT2D eigenvalue weighted by Gasteiger charge is 2.11. The van der Waals surface area contributed by atoms with Crippen LogP contribution in [-0.2, 0) is 16.1 Å². The zero-order valence-electron chi connectivity index (χ0n) is 16.6. The Bertz CT molecular complexity index is 1090. The number of esters is 1. The first kappa shape index (κ1) is 20.7. The molecule has 0 aliphatic carbocycles.